The molecule has 0 aromatic heterocycles. The molecule has 1 aliphatic rings. The van der Waals surface area contributed by atoms with E-state index in [1.807, 2.05) is 31.8 Å². The molecule has 94 valence electrons. The molecule has 1 aliphatic heterocycles. The number of aryl methyl sites for hydroxylation is 1. The second kappa shape index (κ2) is 5.85. The van der Waals surface area contributed by atoms with E-state index in [9.17, 15) is 4.39 Å². The van der Waals surface area contributed by atoms with E-state index >= 15 is 0 Å². The van der Waals surface area contributed by atoms with Crippen LogP contribution in [-0.2, 0) is 4.74 Å². The smallest absolute Gasteiger partial charge is 0.123 e. The molecule has 0 aliphatic carbocycles. The standard InChI is InChI=1S/C13H18FNOS/c1-9-7-10(14)3-4-11(9)13(15-2)12-8-17-6-5-16-12/h3-4,7,12-13,15H,5-6,8H2,1-2H3. The third-order valence-electron chi connectivity index (χ3n) is 3.09. The summed E-state index contributed by atoms with van der Waals surface area (Å²) in [6.45, 7) is 2.74. The van der Waals surface area contributed by atoms with Crippen molar-refractivity contribution >= 4 is 11.8 Å². The summed E-state index contributed by atoms with van der Waals surface area (Å²) in [5.74, 6) is 1.87. The van der Waals surface area contributed by atoms with Gasteiger partial charge in [0.2, 0.25) is 0 Å². The van der Waals surface area contributed by atoms with E-state index in [-0.39, 0.29) is 18.0 Å². The van der Waals surface area contributed by atoms with Gasteiger partial charge in [-0.05, 0) is 37.2 Å². The van der Waals surface area contributed by atoms with Crippen LogP contribution < -0.4 is 5.32 Å². The highest BCUT2D eigenvalue weighted by Crippen LogP contribution is 2.27. The molecule has 0 radical (unpaired) electrons. The van der Waals surface area contributed by atoms with Crippen molar-refractivity contribution in [1.82, 2.24) is 5.32 Å². The molecule has 1 saturated heterocycles. The normalized spacial score (nSPS) is 22.4. The summed E-state index contributed by atoms with van der Waals surface area (Å²) in [4.78, 5) is 0. The van der Waals surface area contributed by atoms with Crippen LogP contribution >= 0.6 is 11.8 Å². The first-order valence-corrected chi connectivity index (χ1v) is 7.00. The molecule has 1 fully saturated rings. The van der Waals surface area contributed by atoms with Gasteiger partial charge in [-0.1, -0.05) is 6.07 Å². The molecule has 0 spiro atoms. The molecule has 0 saturated carbocycles. The zero-order valence-electron chi connectivity index (χ0n) is 10.2. The van der Waals surface area contributed by atoms with Crippen LogP contribution in [0.1, 0.15) is 17.2 Å². The highest BCUT2D eigenvalue weighted by atomic mass is 32.2. The van der Waals surface area contributed by atoms with Gasteiger partial charge in [0.05, 0.1) is 18.8 Å². The van der Waals surface area contributed by atoms with Crippen LogP contribution in [0.3, 0.4) is 0 Å². The molecule has 2 atom stereocenters. The summed E-state index contributed by atoms with van der Waals surface area (Å²) in [5.41, 5.74) is 2.10. The van der Waals surface area contributed by atoms with Gasteiger partial charge in [0.15, 0.2) is 0 Å². The first kappa shape index (κ1) is 12.9. The third-order valence-corrected chi connectivity index (χ3v) is 4.11. The summed E-state index contributed by atoms with van der Waals surface area (Å²) in [7, 11) is 1.93. The zero-order chi connectivity index (χ0) is 12.3. The highest BCUT2D eigenvalue weighted by Gasteiger charge is 2.26. The minimum atomic E-state index is -0.181. The largest absolute Gasteiger partial charge is 0.375 e. The summed E-state index contributed by atoms with van der Waals surface area (Å²) < 4.78 is 18.9. The van der Waals surface area contributed by atoms with E-state index in [1.165, 1.54) is 6.07 Å². The predicted molar refractivity (Wildman–Crippen MR) is 70.0 cm³/mol. The first-order chi connectivity index (χ1) is 8.22. The summed E-state index contributed by atoms with van der Waals surface area (Å²) in [5, 5.41) is 3.29. The Morgan fingerprint density at radius 2 is 2.35 bits per heavy atom. The number of hydrogen-bond donors (Lipinski definition) is 1. The number of rotatable bonds is 3. The monoisotopic (exact) mass is 255 g/mol. The topological polar surface area (TPSA) is 21.3 Å². The van der Waals surface area contributed by atoms with Crippen molar-refractivity contribution in [3.05, 3.63) is 35.1 Å². The van der Waals surface area contributed by atoms with E-state index in [4.69, 9.17) is 4.74 Å². The zero-order valence-corrected chi connectivity index (χ0v) is 11.0. The SMILES string of the molecule is CNC(c1ccc(F)cc1C)C1CSCCO1. The third kappa shape index (κ3) is 3.00. The number of likely N-dealkylation sites (N-methyl/N-ethyl adjacent to an activating group) is 1. The van der Waals surface area contributed by atoms with Crippen LogP contribution in [0.15, 0.2) is 18.2 Å². The summed E-state index contributed by atoms with van der Waals surface area (Å²) in [6, 6.07) is 5.09. The molecule has 2 rings (SSSR count). The number of ether oxygens (including phenoxy) is 1. The molecule has 1 N–H and O–H groups in total. The van der Waals surface area contributed by atoms with Gasteiger partial charge in [0.25, 0.3) is 0 Å². The van der Waals surface area contributed by atoms with Gasteiger partial charge < -0.3 is 10.1 Å². The Labute approximate surface area is 106 Å². The Morgan fingerprint density at radius 3 is 2.94 bits per heavy atom. The van der Waals surface area contributed by atoms with E-state index in [1.54, 1.807) is 6.07 Å². The molecule has 2 nitrogen and oxygen atoms in total. The minimum Gasteiger partial charge on any atom is -0.375 e. The average molecular weight is 255 g/mol. The highest BCUT2D eigenvalue weighted by molar-refractivity contribution is 7.99. The Hall–Kier alpha value is -0.580. The molecule has 0 amide bonds. The van der Waals surface area contributed by atoms with Crippen LogP contribution in [0.2, 0.25) is 0 Å². The minimum absolute atomic E-state index is 0.142. The van der Waals surface area contributed by atoms with Crippen molar-refractivity contribution in [3.63, 3.8) is 0 Å². The van der Waals surface area contributed by atoms with Crippen molar-refractivity contribution in [1.29, 1.82) is 0 Å². The van der Waals surface area contributed by atoms with Gasteiger partial charge in [-0.15, -0.1) is 0 Å². The molecular weight excluding hydrogens is 237 g/mol. The molecule has 0 bridgehead atoms. The van der Waals surface area contributed by atoms with Gasteiger partial charge in [0, 0.05) is 11.5 Å². The quantitative estimate of drug-likeness (QED) is 0.897. The Kier molecular flexibility index (Phi) is 4.42. The number of hydrogen-bond acceptors (Lipinski definition) is 3. The van der Waals surface area contributed by atoms with Crippen molar-refractivity contribution in [2.45, 2.75) is 19.1 Å². The van der Waals surface area contributed by atoms with Gasteiger partial charge in [0.1, 0.15) is 5.82 Å². The van der Waals surface area contributed by atoms with Crippen molar-refractivity contribution in [2.75, 3.05) is 25.2 Å². The second-order valence-electron chi connectivity index (χ2n) is 4.25. The average Bonchev–Trinajstić information content (AvgIpc) is 2.34. The van der Waals surface area contributed by atoms with Crippen LogP contribution in [0.25, 0.3) is 0 Å². The fourth-order valence-corrected chi connectivity index (χ4v) is 3.13. The summed E-state index contributed by atoms with van der Waals surface area (Å²) >= 11 is 1.91. The lowest BCUT2D eigenvalue weighted by Gasteiger charge is -2.31. The molecule has 2 unspecified atom stereocenters. The van der Waals surface area contributed by atoms with E-state index < -0.39 is 0 Å². The molecule has 1 aromatic rings. The fraction of sp³-hybridized carbons (Fsp3) is 0.538. The van der Waals surface area contributed by atoms with Gasteiger partial charge >= 0.3 is 0 Å². The molecule has 1 aromatic carbocycles. The predicted octanol–water partition coefficient (Wildman–Crippen LogP) is 2.53. The molecule has 1 heterocycles. The van der Waals surface area contributed by atoms with Crippen LogP contribution in [0.4, 0.5) is 4.39 Å². The van der Waals surface area contributed by atoms with E-state index in [0.29, 0.717) is 0 Å². The second-order valence-corrected chi connectivity index (χ2v) is 5.40. The summed E-state index contributed by atoms with van der Waals surface area (Å²) in [6.07, 6.45) is 0.169. The van der Waals surface area contributed by atoms with Gasteiger partial charge in [-0.25, -0.2) is 4.39 Å². The van der Waals surface area contributed by atoms with Crippen molar-refractivity contribution < 1.29 is 9.13 Å². The number of nitrogens with one attached hydrogen (secondary N) is 1. The fourth-order valence-electron chi connectivity index (χ4n) is 2.23. The molecule has 17 heavy (non-hydrogen) atoms. The molecule has 4 heteroatoms. The van der Waals surface area contributed by atoms with E-state index in [2.05, 4.69) is 5.32 Å². The van der Waals surface area contributed by atoms with Gasteiger partial charge in [-0.2, -0.15) is 11.8 Å². The lowest BCUT2D eigenvalue weighted by Crippen LogP contribution is -2.36. The number of benzene rings is 1. The van der Waals surface area contributed by atoms with Crippen molar-refractivity contribution in [3.8, 4) is 0 Å². The Balaban J connectivity index is 2.21. The maximum absolute atomic E-state index is 13.1. The number of thioether (sulfide) groups is 1. The first-order valence-electron chi connectivity index (χ1n) is 5.85. The van der Waals surface area contributed by atoms with E-state index in [0.717, 1.165) is 29.2 Å². The lowest BCUT2D eigenvalue weighted by molar-refractivity contribution is 0.0486. The van der Waals surface area contributed by atoms with Gasteiger partial charge in [-0.3, -0.25) is 0 Å². The van der Waals surface area contributed by atoms with Crippen LogP contribution in [0.5, 0.6) is 0 Å². The van der Waals surface area contributed by atoms with Crippen LogP contribution in [0, 0.1) is 12.7 Å². The maximum Gasteiger partial charge on any atom is 0.123 e. The van der Waals surface area contributed by atoms with Crippen molar-refractivity contribution in [2.24, 2.45) is 0 Å². The Morgan fingerprint density at radius 1 is 1.53 bits per heavy atom. The lowest BCUT2D eigenvalue weighted by atomic mass is 9.97. The Bertz CT molecular complexity index is 380. The number of halogens is 1. The maximum atomic E-state index is 13.1. The van der Waals surface area contributed by atoms with Crippen LogP contribution in [-0.4, -0.2) is 31.3 Å². The molecular formula is C13H18FNOS.